The van der Waals surface area contributed by atoms with Crippen LogP contribution >= 0.6 is 15.2 Å². The van der Waals surface area contributed by atoms with Gasteiger partial charge in [-0.25, -0.2) is 0 Å². The van der Waals surface area contributed by atoms with Crippen LogP contribution in [0.2, 0.25) is 0 Å². The summed E-state index contributed by atoms with van der Waals surface area (Å²) in [7, 11) is -6.78. The summed E-state index contributed by atoms with van der Waals surface area (Å²) in [6.07, 6.45) is -6.44. The van der Waals surface area contributed by atoms with Crippen LogP contribution in [-0.2, 0) is 69.9 Å². The van der Waals surface area contributed by atoms with Crippen LogP contribution in [0, 0.1) is 0 Å². The lowest BCUT2D eigenvalue weighted by molar-refractivity contribution is -0.234. The van der Waals surface area contributed by atoms with E-state index in [2.05, 4.69) is 0 Å². The van der Waals surface area contributed by atoms with Crippen LogP contribution in [0.25, 0.3) is 0 Å². The normalized spacial score (nSPS) is 40.9. The van der Waals surface area contributed by atoms with Crippen molar-refractivity contribution in [3.05, 3.63) is 0 Å². The topological polar surface area (TPSA) is 154 Å². The van der Waals surface area contributed by atoms with E-state index in [0.29, 0.717) is 0 Å². The van der Waals surface area contributed by atoms with Gasteiger partial charge in [-0.05, 0) is 55.4 Å². The average Bonchev–Trinajstić information content (AvgIpc) is 3.64. The minimum atomic E-state index is -4.34. The molecule has 17 heteroatoms. The van der Waals surface area contributed by atoms with Crippen LogP contribution in [0.5, 0.6) is 0 Å². The monoisotopic (exact) mass is 660 g/mol. The molecular formula is C26H46O15P2. The number of rotatable bonds is 13. The van der Waals surface area contributed by atoms with Crippen LogP contribution in [0.15, 0.2) is 0 Å². The number of methoxy groups -OCH3 is 1. The molecule has 43 heavy (non-hydrogen) atoms. The molecule has 0 N–H and O–H groups in total. The molecule has 5 saturated heterocycles. The smallest absolute Gasteiger partial charge is 0.345 e. The van der Waals surface area contributed by atoms with Gasteiger partial charge in [-0.15, -0.1) is 0 Å². The molecular weight excluding hydrogens is 614 g/mol. The van der Waals surface area contributed by atoms with Crippen molar-refractivity contribution in [1.82, 2.24) is 0 Å². The summed E-state index contributed by atoms with van der Waals surface area (Å²) < 4.78 is 105. The summed E-state index contributed by atoms with van der Waals surface area (Å²) in [5, 5.41) is 0. The van der Waals surface area contributed by atoms with Crippen LogP contribution in [0.1, 0.15) is 55.4 Å². The van der Waals surface area contributed by atoms with E-state index in [0.717, 1.165) is 0 Å². The molecule has 250 valence electrons. The second-order valence-electron chi connectivity index (χ2n) is 12.3. The van der Waals surface area contributed by atoms with E-state index in [9.17, 15) is 9.13 Å². The first kappa shape index (κ1) is 34.3. The Morgan fingerprint density at radius 3 is 1.81 bits per heavy atom. The van der Waals surface area contributed by atoms with Gasteiger partial charge >= 0.3 is 15.2 Å². The molecule has 0 saturated carbocycles. The number of fused-ring (bicyclic) bond motifs is 2. The van der Waals surface area contributed by atoms with E-state index in [1.807, 2.05) is 0 Å². The van der Waals surface area contributed by atoms with Gasteiger partial charge in [0.2, 0.25) is 0 Å². The van der Waals surface area contributed by atoms with E-state index in [-0.39, 0.29) is 26.4 Å². The summed E-state index contributed by atoms with van der Waals surface area (Å²) in [5.74, 6) is -3.37. The zero-order valence-corrected chi connectivity index (χ0v) is 28.0. The molecule has 0 aromatic heterocycles. The highest BCUT2D eigenvalue weighted by molar-refractivity contribution is 7.71. The van der Waals surface area contributed by atoms with E-state index in [1.165, 1.54) is 7.11 Å². The van der Waals surface area contributed by atoms with Crippen molar-refractivity contribution >= 4 is 15.2 Å². The minimum absolute atomic E-state index is 0.0508. The van der Waals surface area contributed by atoms with E-state index in [4.69, 9.17) is 60.7 Å². The fraction of sp³-hybridized carbons (Fsp3) is 1.00. The number of ether oxygens (including phenoxy) is 9. The molecule has 15 nitrogen and oxygen atoms in total. The molecule has 5 rings (SSSR count). The fourth-order valence-electron chi connectivity index (χ4n) is 5.99. The maximum Gasteiger partial charge on any atom is 0.345 e. The highest BCUT2D eigenvalue weighted by Crippen LogP contribution is 2.65. The summed E-state index contributed by atoms with van der Waals surface area (Å²) in [6, 6.07) is 0. The maximum atomic E-state index is 14.6. The first-order chi connectivity index (χ1) is 20.0. The third-order valence-electron chi connectivity index (χ3n) is 7.48. The van der Waals surface area contributed by atoms with Gasteiger partial charge in [0.15, 0.2) is 35.8 Å². The Bertz CT molecular complexity index is 1070. The van der Waals surface area contributed by atoms with Gasteiger partial charge < -0.3 is 56.2 Å². The molecule has 0 bridgehead atoms. The Kier molecular flexibility index (Phi) is 9.98. The number of hydrogen-bond donors (Lipinski definition) is 0. The predicted molar refractivity (Wildman–Crippen MR) is 147 cm³/mol. The molecule has 5 fully saturated rings. The Labute approximate surface area is 252 Å². The molecule has 10 atom stereocenters. The molecule has 0 aromatic rings. The third kappa shape index (κ3) is 7.58. The molecule has 0 radical (unpaired) electrons. The first-order valence-electron chi connectivity index (χ1n) is 14.7. The summed E-state index contributed by atoms with van der Waals surface area (Å²) in [6.45, 7) is 14.1. The molecule has 5 heterocycles. The Morgan fingerprint density at radius 1 is 0.674 bits per heavy atom. The van der Waals surface area contributed by atoms with Gasteiger partial charge in [0, 0.05) is 7.11 Å². The molecule has 5 aliphatic rings. The van der Waals surface area contributed by atoms with Gasteiger partial charge in [0.1, 0.15) is 42.7 Å². The van der Waals surface area contributed by atoms with Crippen molar-refractivity contribution in [2.45, 2.75) is 128 Å². The highest BCUT2D eigenvalue weighted by Gasteiger charge is 2.62. The van der Waals surface area contributed by atoms with Gasteiger partial charge in [-0.3, -0.25) is 13.7 Å². The zero-order chi connectivity index (χ0) is 31.4. The third-order valence-corrected chi connectivity index (χ3v) is 12.6. The van der Waals surface area contributed by atoms with Crippen molar-refractivity contribution in [3.8, 4) is 0 Å². The standard InChI is InChI=1S/C26H46O15P2/c1-10-31-42(27,32-11-2)14-43(28,33-13-15-18-20(22(29-9)34-15)39-25(5,6)37-18)41-23-21-19(38-26(7,8)40-21)17(35-23)16-12-30-24(3,4)36-16/h15-23H,10-14H2,1-9H3/t15-,16-,17-,18-,19+,20-,21+,22-,23-,43?/m1/s1. The molecule has 5 aliphatic heterocycles. The van der Waals surface area contributed by atoms with Crippen LogP contribution in [0.3, 0.4) is 0 Å². The Balaban J connectivity index is 1.38. The van der Waals surface area contributed by atoms with Gasteiger partial charge in [-0.2, -0.15) is 0 Å². The summed E-state index contributed by atoms with van der Waals surface area (Å²) in [5.41, 5.74) is 0. The van der Waals surface area contributed by atoms with Crippen LogP contribution < -0.4 is 0 Å². The molecule has 0 aromatic carbocycles. The lowest BCUT2D eigenvalue weighted by atomic mass is 10.1. The van der Waals surface area contributed by atoms with Crippen molar-refractivity contribution < 1.29 is 69.9 Å². The fourth-order valence-corrected chi connectivity index (χ4v) is 10.7. The summed E-state index contributed by atoms with van der Waals surface area (Å²) in [4.78, 5) is 0. The lowest BCUT2D eigenvalue weighted by Gasteiger charge is -2.30. The Hall–Kier alpha value is -0.0600. The van der Waals surface area contributed by atoms with Crippen molar-refractivity contribution in [2.24, 2.45) is 0 Å². The van der Waals surface area contributed by atoms with Gasteiger partial charge in [-0.1, -0.05) is 0 Å². The van der Waals surface area contributed by atoms with E-state index < -0.39 is 93.8 Å². The zero-order valence-electron chi connectivity index (χ0n) is 26.2. The SMILES string of the molecule is CCOP(=O)(CP(=O)(OC[C@H]1O[C@@H](OC)[C@@H]2OC(C)(C)O[C@@H]21)O[C@H]1O[C@H]([C@H]2COC(C)(C)O2)[C@@H]2OC(C)(C)O[C@H]12)OCC. The van der Waals surface area contributed by atoms with Crippen molar-refractivity contribution in [2.75, 3.05) is 39.4 Å². The van der Waals surface area contributed by atoms with Crippen LogP contribution in [-0.4, -0.2) is 112 Å². The summed E-state index contributed by atoms with van der Waals surface area (Å²) >= 11 is 0. The second kappa shape index (κ2) is 12.5. The molecule has 0 spiro atoms. The van der Waals surface area contributed by atoms with Crippen molar-refractivity contribution in [1.29, 1.82) is 0 Å². The van der Waals surface area contributed by atoms with E-state index in [1.54, 1.807) is 55.4 Å². The Morgan fingerprint density at radius 2 is 1.26 bits per heavy atom. The van der Waals surface area contributed by atoms with Gasteiger partial charge in [0.05, 0.1) is 26.4 Å². The van der Waals surface area contributed by atoms with Gasteiger partial charge in [0.25, 0.3) is 0 Å². The first-order valence-corrected chi connectivity index (χ1v) is 18.1. The van der Waals surface area contributed by atoms with Crippen molar-refractivity contribution in [3.63, 3.8) is 0 Å². The molecule has 0 amide bonds. The molecule has 1 unspecified atom stereocenters. The highest BCUT2D eigenvalue weighted by atomic mass is 31.2. The average molecular weight is 661 g/mol. The lowest BCUT2D eigenvalue weighted by Crippen LogP contribution is -2.40. The maximum absolute atomic E-state index is 14.6. The van der Waals surface area contributed by atoms with E-state index >= 15 is 0 Å². The second-order valence-corrected chi connectivity index (χ2v) is 16.9. The van der Waals surface area contributed by atoms with Crippen LogP contribution in [0.4, 0.5) is 0 Å². The number of hydrogen-bond acceptors (Lipinski definition) is 15. The molecule has 0 aliphatic carbocycles. The predicted octanol–water partition coefficient (Wildman–Crippen LogP) is 3.72. The quantitative estimate of drug-likeness (QED) is 0.263. The largest absolute Gasteiger partial charge is 0.353 e. The minimum Gasteiger partial charge on any atom is -0.353 e.